The zero-order chi connectivity index (χ0) is 19.1. The van der Waals surface area contributed by atoms with Crippen LogP contribution in [0.2, 0.25) is 0 Å². The van der Waals surface area contributed by atoms with Gasteiger partial charge in [-0.3, -0.25) is 14.5 Å². The van der Waals surface area contributed by atoms with Crippen molar-refractivity contribution in [1.29, 1.82) is 0 Å². The Balaban J connectivity index is 1.72. The second kappa shape index (κ2) is 6.31. The van der Waals surface area contributed by atoms with E-state index >= 15 is 0 Å². The Labute approximate surface area is 160 Å². The fraction of sp³-hybridized carbons (Fsp3) is 0.0476. The maximum atomic E-state index is 13.0. The number of nitrogens with one attached hydrogen (secondary N) is 1. The average molecular weight is 369 g/mol. The van der Waals surface area contributed by atoms with Crippen LogP contribution < -0.4 is 10.2 Å². The summed E-state index contributed by atoms with van der Waals surface area (Å²) < 4.78 is 1.62. The molecule has 7 nitrogen and oxygen atoms in total. The first-order valence-electron chi connectivity index (χ1n) is 8.80. The van der Waals surface area contributed by atoms with Crippen LogP contribution in [-0.2, 0) is 9.59 Å². The Morgan fingerprint density at radius 3 is 2.64 bits per heavy atom. The molecule has 136 valence electrons. The number of hydrogen-bond acceptors (Lipinski definition) is 4. The lowest BCUT2D eigenvalue weighted by molar-refractivity contribution is -0.124. The van der Waals surface area contributed by atoms with Crippen molar-refractivity contribution in [3.05, 3.63) is 73.3 Å². The minimum absolute atomic E-state index is 0.226. The summed E-state index contributed by atoms with van der Waals surface area (Å²) in [5.41, 5.74) is 2.71. The van der Waals surface area contributed by atoms with Gasteiger partial charge in [0.2, 0.25) is 11.8 Å². The summed E-state index contributed by atoms with van der Waals surface area (Å²) in [4.78, 5) is 30.9. The van der Waals surface area contributed by atoms with E-state index in [2.05, 4.69) is 15.4 Å². The van der Waals surface area contributed by atoms with Crippen molar-refractivity contribution < 1.29 is 9.59 Å². The number of anilines is 3. The number of benzene rings is 3. The van der Waals surface area contributed by atoms with Gasteiger partial charge in [-0.25, -0.2) is 9.67 Å². The highest BCUT2D eigenvalue weighted by molar-refractivity contribution is 6.21. The molecule has 5 rings (SSSR count). The summed E-state index contributed by atoms with van der Waals surface area (Å²) in [6.07, 6.45) is 2.82. The van der Waals surface area contributed by atoms with Gasteiger partial charge in [-0.15, -0.1) is 0 Å². The molecule has 0 aliphatic carbocycles. The molecule has 0 unspecified atom stereocenters. The van der Waals surface area contributed by atoms with E-state index in [1.165, 1.54) is 6.33 Å². The molecule has 1 N–H and O–H groups in total. The Kier molecular flexibility index (Phi) is 3.65. The van der Waals surface area contributed by atoms with Crippen molar-refractivity contribution >= 4 is 39.6 Å². The fourth-order valence-corrected chi connectivity index (χ4v) is 3.51. The van der Waals surface area contributed by atoms with E-state index in [0.29, 0.717) is 17.1 Å². The fourth-order valence-electron chi connectivity index (χ4n) is 3.51. The predicted octanol–water partition coefficient (Wildman–Crippen LogP) is 3.43. The smallest absolute Gasteiger partial charge is 0.241 e. The van der Waals surface area contributed by atoms with Crippen molar-refractivity contribution in [3.63, 3.8) is 0 Å². The van der Waals surface area contributed by atoms with Gasteiger partial charge in [-0.2, -0.15) is 5.10 Å². The van der Waals surface area contributed by atoms with E-state index < -0.39 is 0 Å². The Hall–Kier alpha value is -4.00. The second-order valence-electron chi connectivity index (χ2n) is 6.49. The largest absolute Gasteiger partial charge is 0.323 e. The molecule has 0 saturated carbocycles. The maximum absolute atomic E-state index is 13.0. The molecule has 1 aliphatic heterocycles. The van der Waals surface area contributed by atoms with Gasteiger partial charge < -0.3 is 5.32 Å². The first kappa shape index (κ1) is 16.2. The van der Waals surface area contributed by atoms with Gasteiger partial charge in [0, 0.05) is 5.39 Å². The summed E-state index contributed by atoms with van der Waals surface area (Å²) in [6.45, 7) is 0. The number of carbonyl (C=O) groups excluding carboxylic acids is 2. The quantitative estimate of drug-likeness (QED) is 0.549. The molecule has 0 atom stereocenters. The number of nitrogens with zero attached hydrogens (tertiary/aromatic N) is 4. The Morgan fingerprint density at radius 1 is 0.929 bits per heavy atom. The van der Waals surface area contributed by atoms with E-state index in [4.69, 9.17) is 0 Å². The van der Waals surface area contributed by atoms with Crippen LogP contribution in [0.5, 0.6) is 0 Å². The van der Waals surface area contributed by atoms with E-state index in [0.717, 1.165) is 16.5 Å². The summed E-state index contributed by atoms with van der Waals surface area (Å²) >= 11 is 0. The van der Waals surface area contributed by atoms with Crippen molar-refractivity contribution in [3.8, 4) is 5.69 Å². The molecule has 0 radical (unpaired) electrons. The van der Waals surface area contributed by atoms with E-state index in [1.807, 2.05) is 60.7 Å². The molecule has 2 heterocycles. The number of hydrogen-bond donors (Lipinski definition) is 1. The third kappa shape index (κ3) is 2.61. The maximum Gasteiger partial charge on any atom is 0.241 e. The van der Waals surface area contributed by atoms with E-state index in [-0.39, 0.29) is 18.2 Å². The van der Waals surface area contributed by atoms with Gasteiger partial charge in [-0.05, 0) is 29.7 Å². The van der Waals surface area contributed by atoms with Crippen LogP contribution in [0.4, 0.5) is 17.1 Å². The third-order valence-electron chi connectivity index (χ3n) is 4.74. The molecular formula is C21H15N5O2. The highest BCUT2D eigenvalue weighted by Gasteiger charge is 2.28. The van der Waals surface area contributed by atoms with Gasteiger partial charge in [0.25, 0.3) is 0 Å². The van der Waals surface area contributed by atoms with Gasteiger partial charge >= 0.3 is 0 Å². The number of amides is 2. The summed E-state index contributed by atoms with van der Waals surface area (Å²) in [7, 11) is 0. The van der Waals surface area contributed by atoms with Crippen LogP contribution in [0.15, 0.2) is 73.3 Å². The van der Waals surface area contributed by atoms with Gasteiger partial charge in [-0.1, -0.05) is 36.4 Å². The number of carbonyl (C=O) groups is 2. The average Bonchev–Trinajstić information content (AvgIpc) is 3.20. The SMILES string of the molecule is O=C1CC(=O)N(c2cccc(-n3cncn3)c2)c2ccc3ccccc3c2N1. The molecule has 0 saturated heterocycles. The molecule has 3 aromatic carbocycles. The molecule has 28 heavy (non-hydrogen) atoms. The number of aromatic nitrogens is 3. The molecule has 0 fully saturated rings. The highest BCUT2D eigenvalue weighted by atomic mass is 16.2. The lowest BCUT2D eigenvalue weighted by Gasteiger charge is -2.23. The normalized spacial score (nSPS) is 13.9. The van der Waals surface area contributed by atoms with Crippen molar-refractivity contribution in [1.82, 2.24) is 14.8 Å². The first-order chi connectivity index (χ1) is 13.7. The van der Waals surface area contributed by atoms with Gasteiger partial charge in [0.1, 0.15) is 19.1 Å². The zero-order valence-corrected chi connectivity index (χ0v) is 14.7. The number of fused-ring (bicyclic) bond motifs is 3. The molecule has 4 aromatic rings. The lowest BCUT2D eigenvalue weighted by Crippen LogP contribution is -2.26. The molecule has 1 aromatic heterocycles. The number of rotatable bonds is 2. The summed E-state index contributed by atoms with van der Waals surface area (Å²) in [5.74, 6) is -0.611. The van der Waals surface area contributed by atoms with Crippen LogP contribution in [-0.4, -0.2) is 26.6 Å². The Morgan fingerprint density at radius 2 is 1.79 bits per heavy atom. The van der Waals surface area contributed by atoms with Gasteiger partial charge in [0.15, 0.2) is 0 Å². The van der Waals surface area contributed by atoms with Crippen LogP contribution in [0.3, 0.4) is 0 Å². The van der Waals surface area contributed by atoms with Crippen LogP contribution >= 0.6 is 0 Å². The minimum Gasteiger partial charge on any atom is -0.323 e. The topological polar surface area (TPSA) is 80.1 Å². The van der Waals surface area contributed by atoms with Gasteiger partial charge in [0.05, 0.1) is 22.7 Å². The monoisotopic (exact) mass is 369 g/mol. The molecule has 2 amide bonds. The second-order valence-corrected chi connectivity index (χ2v) is 6.49. The van der Waals surface area contributed by atoms with E-state index in [9.17, 15) is 9.59 Å². The van der Waals surface area contributed by atoms with Crippen LogP contribution in [0.1, 0.15) is 6.42 Å². The Bertz CT molecular complexity index is 1220. The van der Waals surface area contributed by atoms with Crippen molar-refractivity contribution in [2.75, 3.05) is 10.2 Å². The highest BCUT2D eigenvalue weighted by Crippen LogP contribution is 2.40. The van der Waals surface area contributed by atoms with Crippen molar-refractivity contribution in [2.24, 2.45) is 0 Å². The van der Waals surface area contributed by atoms with Crippen LogP contribution in [0, 0.1) is 0 Å². The predicted molar refractivity (Wildman–Crippen MR) is 106 cm³/mol. The first-order valence-corrected chi connectivity index (χ1v) is 8.80. The molecule has 7 heteroatoms. The molecule has 0 spiro atoms. The molecule has 1 aliphatic rings. The molecule has 0 bridgehead atoms. The minimum atomic E-state index is -0.322. The lowest BCUT2D eigenvalue weighted by atomic mass is 10.1. The standard InChI is InChI=1S/C21H15N5O2/c27-19-11-20(28)26(16-6-3-5-15(10-16)25-13-22-12-23-25)18-9-8-14-4-1-2-7-17(14)21(18)24-19/h1-10,12-13H,11H2,(H,24,27). The van der Waals surface area contributed by atoms with Crippen LogP contribution in [0.25, 0.3) is 16.5 Å². The summed E-state index contributed by atoms with van der Waals surface area (Å²) in [5, 5.41) is 8.93. The van der Waals surface area contributed by atoms with Crippen molar-refractivity contribution in [2.45, 2.75) is 6.42 Å². The third-order valence-corrected chi connectivity index (χ3v) is 4.74. The zero-order valence-electron chi connectivity index (χ0n) is 14.7. The van der Waals surface area contributed by atoms with E-state index in [1.54, 1.807) is 15.9 Å². The molecular weight excluding hydrogens is 354 g/mol. The summed E-state index contributed by atoms with van der Waals surface area (Å²) in [6, 6.07) is 19.0.